The first-order valence-electron chi connectivity index (χ1n) is 13.3. The number of fused-ring (bicyclic) bond motifs is 1. The molecule has 7 nitrogen and oxygen atoms in total. The van der Waals surface area contributed by atoms with Crippen molar-refractivity contribution in [3.05, 3.63) is 64.0 Å². The molecule has 0 aliphatic heterocycles. The van der Waals surface area contributed by atoms with E-state index in [-0.39, 0.29) is 23.8 Å². The van der Waals surface area contributed by atoms with Gasteiger partial charge in [0.2, 0.25) is 0 Å². The molecule has 0 bridgehead atoms. The molecule has 0 saturated heterocycles. The van der Waals surface area contributed by atoms with Gasteiger partial charge in [0.1, 0.15) is 11.6 Å². The highest BCUT2D eigenvalue weighted by atomic mass is 35.5. The van der Waals surface area contributed by atoms with Crippen LogP contribution in [0.15, 0.2) is 42.5 Å². The van der Waals surface area contributed by atoms with Gasteiger partial charge < -0.3 is 14.2 Å². The van der Waals surface area contributed by atoms with Gasteiger partial charge in [-0.2, -0.15) is 0 Å². The minimum absolute atomic E-state index is 0. The third-order valence-corrected chi connectivity index (χ3v) is 5.06. The van der Waals surface area contributed by atoms with Gasteiger partial charge in [-0.1, -0.05) is 32.8 Å². The molecule has 31 heavy (non-hydrogen) atoms. The van der Waals surface area contributed by atoms with Gasteiger partial charge >= 0.3 is 0 Å². The Bertz CT molecular complexity index is 1250. The molecule has 0 fully saturated rings. The summed E-state index contributed by atoms with van der Waals surface area (Å²) >= 11 is 0. The number of aromatic nitrogens is 2. The van der Waals surface area contributed by atoms with Crippen molar-refractivity contribution in [1.82, 2.24) is 14.5 Å². The van der Waals surface area contributed by atoms with Gasteiger partial charge in [-0.05, 0) is 43.2 Å². The molecule has 1 heterocycles. The van der Waals surface area contributed by atoms with Crippen LogP contribution < -0.4 is 4.74 Å². The number of hydrogen-bond donors (Lipinski definition) is 0. The van der Waals surface area contributed by atoms with Gasteiger partial charge in [0.15, 0.2) is 0 Å². The normalized spacial score (nSPS) is 15.6. The Labute approximate surface area is 199 Å². The first-order valence-corrected chi connectivity index (χ1v) is 9.84. The zero-order valence-corrected chi connectivity index (χ0v) is 18.3. The summed E-state index contributed by atoms with van der Waals surface area (Å²) in [5, 5.41) is 11.2. The summed E-state index contributed by atoms with van der Waals surface area (Å²) in [5.41, 5.74) is 2.05. The standard InChI is InChI=1S/C23H30N4O3.ClH/c1-4-15-30-20-10-7-18(8-11-20)16-23-24-21-17-19(27(28)29)9-12-22(21)26(23)14-13-25(5-2)6-3;/h7-12,17H,4-6,13-16H2,1-3H3;1H/i1D3,4D2,15D2;. The topological polar surface area (TPSA) is 73.4 Å². The second kappa shape index (κ2) is 11.7. The Morgan fingerprint density at radius 2 is 1.97 bits per heavy atom. The average Bonchev–Trinajstić information content (AvgIpc) is 3.16. The summed E-state index contributed by atoms with van der Waals surface area (Å²) in [4.78, 5) is 17.7. The highest BCUT2D eigenvalue weighted by Gasteiger charge is 2.16. The first-order chi connectivity index (χ1) is 17.2. The number of likely N-dealkylation sites (N-methyl/N-ethyl adjacent to an activating group) is 1. The quantitative estimate of drug-likeness (QED) is 0.298. The van der Waals surface area contributed by atoms with Crippen LogP contribution in [0.5, 0.6) is 5.75 Å². The monoisotopic (exact) mass is 453 g/mol. The predicted octanol–water partition coefficient (Wildman–Crippen LogP) is 5.09. The Morgan fingerprint density at radius 1 is 1.23 bits per heavy atom. The zero-order chi connectivity index (χ0) is 27.6. The van der Waals surface area contributed by atoms with E-state index in [2.05, 4.69) is 23.7 Å². The number of nitro groups is 1. The number of benzene rings is 2. The second-order valence-corrected chi connectivity index (χ2v) is 6.79. The van der Waals surface area contributed by atoms with Crippen molar-refractivity contribution in [3.63, 3.8) is 0 Å². The van der Waals surface area contributed by atoms with Gasteiger partial charge in [0.05, 0.1) is 25.3 Å². The molecular weight excluding hydrogens is 416 g/mol. The molecule has 0 saturated carbocycles. The number of non-ortho nitro benzene ring substituents is 1. The Balaban J connectivity index is 0.00000507. The fourth-order valence-corrected chi connectivity index (χ4v) is 3.39. The molecule has 3 rings (SSSR count). The van der Waals surface area contributed by atoms with Gasteiger partial charge in [-0.15, -0.1) is 12.4 Å². The van der Waals surface area contributed by atoms with E-state index in [4.69, 9.17) is 14.3 Å². The fourth-order valence-electron chi connectivity index (χ4n) is 3.39. The van der Waals surface area contributed by atoms with Crippen LogP contribution in [-0.4, -0.2) is 45.6 Å². The van der Waals surface area contributed by atoms with Crippen molar-refractivity contribution in [2.45, 2.75) is 40.0 Å². The van der Waals surface area contributed by atoms with E-state index in [1.165, 1.54) is 24.3 Å². The molecule has 8 heteroatoms. The molecule has 3 aromatic rings. The summed E-state index contributed by atoms with van der Waals surface area (Å²) in [6.45, 7) is 1.04. The van der Waals surface area contributed by atoms with Gasteiger partial charge in [-0.25, -0.2) is 4.98 Å². The predicted molar refractivity (Wildman–Crippen MR) is 126 cm³/mol. The number of halogens is 1. The Hall–Kier alpha value is -2.64. The summed E-state index contributed by atoms with van der Waals surface area (Å²) in [7, 11) is 0. The van der Waals surface area contributed by atoms with E-state index in [0.717, 1.165) is 30.7 Å². The molecule has 0 aliphatic rings. The lowest BCUT2D eigenvalue weighted by Crippen LogP contribution is -2.27. The molecular formula is C23H31ClN4O3. The Morgan fingerprint density at radius 3 is 2.61 bits per heavy atom. The van der Waals surface area contributed by atoms with Crippen molar-refractivity contribution in [2.75, 3.05) is 26.2 Å². The summed E-state index contributed by atoms with van der Waals surface area (Å²) in [6.07, 6.45) is -2.85. The lowest BCUT2D eigenvalue weighted by atomic mass is 10.1. The molecule has 168 valence electrons. The van der Waals surface area contributed by atoms with Crippen LogP contribution in [0, 0.1) is 10.1 Å². The van der Waals surface area contributed by atoms with Crippen molar-refractivity contribution in [2.24, 2.45) is 0 Å². The van der Waals surface area contributed by atoms with E-state index >= 15 is 0 Å². The zero-order valence-electron chi connectivity index (χ0n) is 24.5. The number of ether oxygens (including phenoxy) is 1. The van der Waals surface area contributed by atoms with E-state index < -0.39 is 24.7 Å². The molecule has 0 spiro atoms. The first kappa shape index (κ1) is 16.1. The van der Waals surface area contributed by atoms with Crippen molar-refractivity contribution in [1.29, 1.82) is 0 Å². The molecule has 0 amide bonds. The summed E-state index contributed by atoms with van der Waals surface area (Å²) in [6, 6.07) is 10.8. The van der Waals surface area contributed by atoms with Gasteiger partial charge in [0, 0.05) is 38.5 Å². The largest absolute Gasteiger partial charge is 0.494 e. The number of imidazole rings is 1. The molecule has 1 aromatic heterocycles. The van der Waals surface area contributed by atoms with E-state index in [0.29, 0.717) is 24.3 Å². The molecule has 0 N–H and O–H groups in total. The highest BCUT2D eigenvalue weighted by molar-refractivity contribution is 5.85. The van der Waals surface area contributed by atoms with Crippen molar-refractivity contribution in [3.8, 4) is 5.75 Å². The fraction of sp³-hybridized carbons (Fsp3) is 0.435. The molecule has 0 unspecified atom stereocenters. The maximum Gasteiger partial charge on any atom is 0.271 e. The number of rotatable bonds is 11. The van der Waals surface area contributed by atoms with Gasteiger partial charge in [0.25, 0.3) is 5.69 Å². The lowest BCUT2D eigenvalue weighted by Gasteiger charge is -2.19. The number of hydrogen-bond acceptors (Lipinski definition) is 5. The van der Waals surface area contributed by atoms with Crippen LogP contribution in [-0.2, 0) is 13.0 Å². The highest BCUT2D eigenvalue weighted by Crippen LogP contribution is 2.24. The second-order valence-electron chi connectivity index (χ2n) is 6.79. The maximum atomic E-state index is 11.2. The molecule has 0 radical (unpaired) electrons. The number of nitrogens with zero attached hydrogens (tertiary/aromatic N) is 4. The third kappa shape index (κ3) is 6.18. The smallest absolute Gasteiger partial charge is 0.271 e. The SMILES string of the molecule is Cl.[2H]C([2H])([2H])C([2H])([2H])C([2H])([2H])Oc1ccc(Cc2nc3cc([N+](=O)[O-])ccc3n2CCN(CC)CC)cc1. The van der Waals surface area contributed by atoms with Crippen LogP contribution in [0.1, 0.15) is 48.1 Å². The van der Waals surface area contributed by atoms with Crippen molar-refractivity contribution >= 4 is 29.1 Å². The minimum Gasteiger partial charge on any atom is -0.494 e. The van der Waals surface area contributed by atoms with Crippen LogP contribution in [0.25, 0.3) is 11.0 Å². The van der Waals surface area contributed by atoms with E-state index in [9.17, 15) is 10.1 Å². The van der Waals surface area contributed by atoms with Crippen LogP contribution in [0.3, 0.4) is 0 Å². The molecule has 0 aliphatic carbocycles. The maximum absolute atomic E-state index is 11.2. The average molecular weight is 454 g/mol. The van der Waals surface area contributed by atoms with Gasteiger partial charge in [-0.3, -0.25) is 10.1 Å². The minimum atomic E-state index is -3.23. The number of nitro benzene ring substituents is 1. The summed E-state index contributed by atoms with van der Waals surface area (Å²) in [5.74, 6) is 0.679. The van der Waals surface area contributed by atoms with Crippen LogP contribution in [0.4, 0.5) is 5.69 Å². The third-order valence-electron chi connectivity index (χ3n) is 5.06. The van der Waals surface area contributed by atoms with Crippen molar-refractivity contribution < 1.29 is 19.3 Å². The van der Waals surface area contributed by atoms with Crippen LogP contribution in [0.2, 0.25) is 0 Å². The van der Waals surface area contributed by atoms with E-state index in [1.54, 1.807) is 18.2 Å². The Kier molecular flexibility index (Phi) is 6.05. The van der Waals surface area contributed by atoms with E-state index in [1.807, 2.05) is 4.57 Å². The lowest BCUT2D eigenvalue weighted by molar-refractivity contribution is -0.384. The van der Waals surface area contributed by atoms with Crippen LogP contribution >= 0.6 is 12.4 Å². The molecule has 0 atom stereocenters. The molecule has 2 aromatic carbocycles. The summed E-state index contributed by atoms with van der Waals surface area (Å²) < 4.78 is 60.1.